The van der Waals surface area contributed by atoms with Crippen molar-refractivity contribution in [3.8, 4) is 0 Å². The van der Waals surface area contributed by atoms with Crippen molar-refractivity contribution in [2.75, 3.05) is 24.5 Å². The van der Waals surface area contributed by atoms with Crippen LogP contribution in [0.1, 0.15) is 58.9 Å². The summed E-state index contributed by atoms with van der Waals surface area (Å²) in [5.74, 6) is -0.0418. The van der Waals surface area contributed by atoms with Gasteiger partial charge in [0.05, 0.1) is 4.90 Å². The average molecular weight is 452 g/mol. The lowest BCUT2D eigenvalue weighted by Crippen LogP contribution is -2.39. The molecule has 0 unspecified atom stereocenters. The summed E-state index contributed by atoms with van der Waals surface area (Å²) < 4.78 is 33.6. The van der Waals surface area contributed by atoms with Crippen LogP contribution in [0.15, 0.2) is 23.1 Å². The fraction of sp³-hybridized carbons (Fsp3) is 0.636. The maximum atomic E-state index is 12.7. The topological polar surface area (TPSA) is 96.0 Å². The lowest BCUT2D eigenvalue weighted by molar-refractivity contribution is -0.116. The molecule has 1 N–H and O–H groups in total. The van der Waals surface area contributed by atoms with E-state index in [0.717, 1.165) is 36.9 Å². The SMILES string of the molecule is CC(=O)N1CCCc2cc(S(=O)(=O)NCCCN(C(=O)OC(C)(C)C)C3CC3)ccc21. The molecule has 0 saturated heterocycles. The number of anilines is 1. The van der Waals surface area contributed by atoms with E-state index in [1.807, 2.05) is 20.8 Å². The number of fused-ring (bicyclic) bond motifs is 1. The zero-order chi connectivity index (χ0) is 22.8. The number of sulfonamides is 1. The third-order valence-corrected chi connectivity index (χ3v) is 6.80. The minimum absolute atomic E-state index is 0.0418. The van der Waals surface area contributed by atoms with Crippen LogP contribution in [0.25, 0.3) is 0 Å². The van der Waals surface area contributed by atoms with Crippen molar-refractivity contribution in [3.63, 3.8) is 0 Å². The van der Waals surface area contributed by atoms with Crippen molar-refractivity contribution in [2.45, 2.75) is 76.3 Å². The van der Waals surface area contributed by atoms with Crippen molar-refractivity contribution in [2.24, 2.45) is 0 Å². The number of nitrogens with zero attached hydrogens (tertiary/aromatic N) is 2. The van der Waals surface area contributed by atoms with Crippen LogP contribution < -0.4 is 9.62 Å². The Balaban J connectivity index is 1.58. The van der Waals surface area contributed by atoms with Crippen molar-refractivity contribution in [3.05, 3.63) is 23.8 Å². The van der Waals surface area contributed by atoms with Crippen LogP contribution in [0, 0.1) is 0 Å². The highest BCUT2D eigenvalue weighted by Gasteiger charge is 2.34. The number of carbonyl (C=O) groups is 2. The first-order valence-corrected chi connectivity index (χ1v) is 12.4. The van der Waals surface area contributed by atoms with E-state index in [2.05, 4.69) is 4.72 Å². The Morgan fingerprint density at radius 1 is 1.26 bits per heavy atom. The summed E-state index contributed by atoms with van der Waals surface area (Å²) in [7, 11) is -3.67. The van der Waals surface area contributed by atoms with E-state index >= 15 is 0 Å². The van der Waals surface area contributed by atoms with E-state index in [-0.39, 0.29) is 29.5 Å². The van der Waals surface area contributed by atoms with Gasteiger partial charge in [0.15, 0.2) is 0 Å². The summed E-state index contributed by atoms with van der Waals surface area (Å²) in [4.78, 5) is 27.8. The van der Waals surface area contributed by atoms with Crippen molar-refractivity contribution >= 4 is 27.7 Å². The van der Waals surface area contributed by atoms with Crippen LogP contribution >= 0.6 is 0 Å². The summed E-state index contributed by atoms with van der Waals surface area (Å²) in [5.41, 5.74) is 1.10. The molecule has 0 radical (unpaired) electrons. The molecule has 0 spiro atoms. The highest BCUT2D eigenvalue weighted by molar-refractivity contribution is 7.89. The summed E-state index contributed by atoms with van der Waals surface area (Å²) >= 11 is 0. The molecule has 1 aromatic rings. The van der Waals surface area contributed by atoms with Gasteiger partial charge in [-0.25, -0.2) is 17.9 Å². The first-order chi connectivity index (χ1) is 14.5. The van der Waals surface area contributed by atoms with Crippen molar-refractivity contribution in [1.29, 1.82) is 0 Å². The molecular weight excluding hydrogens is 418 g/mol. The molecule has 0 bridgehead atoms. The van der Waals surface area contributed by atoms with Gasteiger partial charge in [0.2, 0.25) is 15.9 Å². The van der Waals surface area contributed by atoms with Crippen LogP contribution in [0.4, 0.5) is 10.5 Å². The lowest BCUT2D eigenvalue weighted by Gasteiger charge is -2.29. The van der Waals surface area contributed by atoms with E-state index in [9.17, 15) is 18.0 Å². The molecule has 1 heterocycles. The number of benzene rings is 1. The quantitative estimate of drug-likeness (QED) is 0.643. The average Bonchev–Trinajstić information content (AvgIpc) is 3.50. The predicted molar refractivity (Wildman–Crippen MR) is 119 cm³/mol. The van der Waals surface area contributed by atoms with Gasteiger partial charge < -0.3 is 14.5 Å². The lowest BCUT2D eigenvalue weighted by atomic mass is 10.0. The standard InChI is InChI=1S/C22H33N3O5S/c1-16(26)24-13-5-7-17-15-19(10-11-20(17)24)31(28,29)23-12-6-14-25(18-8-9-18)21(27)30-22(2,3)4/h10-11,15,18,23H,5-9,12-14H2,1-4H3. The number of ether oxygens (including phenoxy) is 1. The van der Waals surface area contributed by atoms with Gasteiger partial charge in [-0.15, -0.1) is 0 Å². The molecular formula is C22H33N3O5S. The second kappa shape index (κ2) is 9.16. The highest BCUT2D eigenvalue weighted by Crippen LogP contribution is 2.30. The molecule has 0 atom stereocenters. The van der Waals surface area contributed by atoms with Gasteiger partial charge in [-0.3, -0.25) is 4.79 Å². The molecule has 0 aromatic heterocycles. The first-order valence-electron chi connectivity index (χ1n) is 10.9. The molecule has 1 aliphatic carbocycles. The van der Waals surface area contributed by atoms with E-state index in [1.54, 1.807) is 28.0 Å². The van der Waals surface area contributed by atoms with Gasteiger partial charge in [-0.1, -0.05) is 0 Å². The molecule has 1 aromatic carbocycles. The van der Waals surface area contributed by atoms with Crippen molar-refractivity contribution < 1.29 is 22.7 Å². The van der Waals surface area contributed by atoms with Gasteiger partial charge in [-0.2, -0.15) is 0 Å². The largest absolute Gasteiger partial charge is 0.444 e. The summed E-state index contributed by atoms with van der Waals surface area (Å²) in [6.07, 6.45) is 3.62. The molecule has 31 heavy (non-hydrogen) atoms. The number of carbonyl (C=O) groups excluding carboxylic acids is 2. The predicted octanol–water partition coefficient (Wildman–Crippen LogP) is 3.05. The first kappa shape index (κ1) is 23.5. The third-order valence-electron chi connectivity index (χ3n) is 5.34. The highest BCUT2D eigenvalue weighted by atomic mass is 32.2. The minimum Gasteiger partial charge on any atom is -0.444 e. The Kier molecular flexibility index (Phi) is 6.95. The Labute approximate surface area is 185 Å². The number of amides is 2. The van der Waals surface area contributed by atoms with Gasteiger partial charge in [0.25, 0.3) is 0 Å². The zero-order valence-corrected chi connectivity index (χ0v) is 19.6. The molecule has 1 saturated carbocycles. The van der Waals surface area contributed by atoms with E-state index in [1.165, 1.54) is 6.92 Å². The Bertz CT molecular complexity index is 935. The summed E-state index contributed by atoms with van der Waals surface area (Å²) in [6.45, 7) is 8.34. The molecule has 172 valence electrons. The second-order valence-electron chi connectivity index (χ2n) is 9.22. The van der Waals surface area contributed by atoms with E-state index < -0.39 is 15.6 Å². The van der Waals surface area contributed by atoms with E-state index in [0.29, 0.717) is 19.5 Å². The molecule has 1 fully saturated rings. The summed E-state index contributed by atoms with van der Waals surface area (Å²) in [5, 5.41) is 0. The molecule has 3 rings (SSSR count). The van der Waals surface area contributed by atoms with Crippen molar-refractivity contribution in [1.82, 2.24) is 9.62 Å². The maximum Gasteiger partial charge on any atom is 0.410 e. The third kappa shape index (κ3) is 6.20. The van der Waals surface area contributed by atoms with Gasteiger partial charge in [-0.05, 0) is 76.6 Å². The summed E-state index contributed by atoms with van der Waals surface area (Å²) in [6, 6.07) is 5.10. The van der Waals surface area contributed by atoms with Crippen LogP contribution in [0.3, 0.4) is 0 Å². The fourth-order valence-corrected chi connectivity index (χ4v) is 4.86. The Morgan fingerprint density at radius 2 is 1.97 bits per heavy atom. The normalized spacial score (nSPS) is 16.6. The number of aryl methyl sites for hydroxylation is 1. The van der Waals surface area contributed by atoms with Crippen LogP contribution in [0.5, 0.6) is 0 Å². The number of hydrogen-bond donors (Lipinski definition) is 1. The Hall–Kier alpha value is -2.13. The number of rotatable bonds is 7. The smallest absolute Gasteiger partial charge is 0.410 e. The number of nitrogens with one attached hydrogen (secondary N) is 1. The Morgan fingerprint density at radius 3 is 2.58 bits per heavy atom. The molecule has 1 aliphatic heterocycles. The minimum atomic E-state index is -3.67. The van der Waals surface area contributed by atoms with Gasteiger partial charge >= 0.3 is 6.09 Å². The van der Waals surface area contributed by atoms with E-state index in [4.69, 9.17) is 4.74 Å². The monoisotopic (exact) mass is 451 g/mol. The van der Waals surface area contributed by atoms with Crippen LogP contribution in [-0.2, 0) is 26.0 Å². The molecule has 8 nitrogen and oxygen atoms in total. The molecule has 2 amide bonds. The zero-order valence-electron chi connectivity index (χ0n) is 18.8. The van der Waals surface area contributed by atoms with Crippen LogP contribution in [0.2, 0.25) is 0 Å². The number of hydrogen-bond acceptors (Lipinski definition) is 5. The molecule has 9 heteroatoms. The molecule has 2 aliphatic rings. The van der Waals surface area contributed by atoms with Gasteiger partial charge in [0.1, 0.15) is 5.60 Å². The van der Waals surface area contributed by atoms with Gasteiger partial charge in [0, 0.05) is 38.3 Å². The van der Waals surface area contributed by atoms with Crippen LogP contribution in [-0.4, -0.2) is 56.6 Å². The fourth-order valence-electron chi connectivity index (χ4n) is 3.74. The maximum absolute atomic E-state index is 12.7. The second-order valence-corrected chi connectivity index (χ2v) is 11.0.